The topological polar surface area (TPSA) is 23.8 Å². The van der Waals surface area contributed by atoms with Crippen LogP contribution in [0, 0.1) is 23.2 Å². The maximum atomic E-state index is 8.50. The van der Waals surface area contributed by atoms with E-state index in [9.17, 15) is 0 Å². The van der Waals surface area contributed by atoms with E-state index in [1.807, 2.05) is 0 Å². The highest BCUT2D eigenvalue weighted by Gasteiger charge is 2.20. The number of allylic oxidation sites excluding steroid dienone is 2. The molecular weight excluding hydrogens is 134 g/mol. The fraction of sp³-hybridized carbons (Fsp3) is 0.700. The van der Waals surface area contributed by atoms with Gasteiger partial charge in [0, 0.05) is 6.08 Å². The minimum Gasteiger partial charge on any atom is -0.193 e. The van der Waals surface area contributed by atoms with E-state index >= 15 is 0 Å². The third-order valence-electron chi connectivity index (χ3n) is 2.81. The standard InChI is InChI=1S/C10H15N/c1-8-4-3-5-10(6-7-11)9(8)2/h6,8-9H,3-5H2,1-2H3. The lowest BCUT2D eigenvalue weighted by atomic mass is 9.78. The van der Waals surface area contributed by atoms with Crippen molar-refractivity contribution >= 4 is 0 Å². The summed E-state index contributed by atoms with van der Waals surface area (Å²) in [6.45, 7) is 4.50. The first-order valence-corrected chi connectivity index (χ1v) is 4.34. The van der Waals surface area contributed by atoms with E-state index < -0.39 is 0 Å². The molecule has 0 spiro atoms. The minimum absolute atomic E-state index is 0.628. The molecule has 0 amide bonds. The molecule has 1 rings (SSSR count). The first-order valence-electron chi connectivity index (χ1n) is 4.34. The van der Waals surface area contributed by atoms with E-state index in [2.05, 4.69) is 19.9 Å². The summed E-state index contributed by atoms with van der Waals surface area (Å²) in [5, 5.41) is 8.50. The molecule has 1 heteroatoms. The molecule has 0 heterocycles. The van der Waals surface area contributed by atoms with Gasteiger partial charge in [-0.2, -0.15) is 5.26 Å². The molecule has 0 aliphatic heterocycles. The SMILES string of the molecule is CC1CCCC(=CC#N)C1C. The summed E-state index contributed by atoms with van der Waals surface area (Å²) in [5.41, 5.74) is 1.35. The Morgan fingerprint density at radius 2 is 2.27 bits per heavy atom. The van der Waals surface area contributed by atoms with Crippen LogP contribution >= 0.6 is 0 Å². The zero-order valence-corrected chi connectivity index (χ0v) is 7.30. The minimum atomic E-state index is 0.628. The summed E-state index contributed by atoms with van der Waals surface area (Å²) < 4.78 is 0. The van der Waals surface area contributed by atoms with Gasteiger partial charge in [-0.25, -0.2) is 0 Å². The van der Waals surface area contributed by atoms with Gasteiger partial charge in [0.05, 0.1) is 6.07 Å². The van der Waals surface area contributed by atoms with Crippen molar-refractivity contribution < 1.29 is 0 Å². The molecule has 0 aromatic carbocycles. The summed E-state index contributed by atoms with van der Waals surface area (Å²) in [7, 11) is 0. The van der Waals surface area contributed by atoms with Crippen LogP contribution in [0.2, 0.25) is 0 Å². The monoisotopic (exact) mass is 149 g/mol. The summed E-state index contributed by atoms with van der Waals surface area (Å²) in [5.74, 6) is 1.40. The van der Waals surface area contributed by atoms with E-state index in [0.29, 0.717) is 5.92 Å². The molecule has 2 atom stereocenters. The van der Waals surface area contributed by atoms with Gasteiger partial charge >= 0.3 is 0 Å². The van der Waals surface area contributed by atoms with Crippen molar-refractivity contribution in [3.05, 3.63) is 11.6 Å². The Hall–Kier alpha value is -0.770. The van der Waals surface area contributed by atoms with Gasteiger partial charge in [-0.15, -0.1) is 0 Å². The molecular formula is C10H15N. The zero-order chi connectivity index (χ0) is 8.27. The van der Waals surface area contributed by atoms with Gasteiger partial charge in [-0.05, 0) is 31.1 Å². The van der Waals surface area contributed by atoms with Crippen molar-refractivity contribution in [1.29, 1.82) is 5.26 Å². The smallest absolute Gasteiger partial charge is 0.0911 e. The quantitative estimate of drug-likeness (QED) is 0.486. The summed E-state index contributed by atoms with van der Waals surface area (Å²) >= 11 is 0. The first kappa shape index (κ1) is 8.33. The van der Waals surface area contributed by atoms with Crippen molar-refractivity contribution in [2.75, 3.05) is 0 Å². The average Bonchev–Trinajstić information content (AvgIpc) is 1.99. The van der Waals surface area contributed by atoms with E-state index in [0.717, 1.165) is 12.3 Å². The Kier molecular flexibility index (Phi) is 2.70. The number of hydrogen-bond donors (Lipinski definition) is 0. The predicted octanol–water partition coefficient (Wildman–Crippen LogP) is 2.89. The van der Waals surface area contributed by atoms with Gasteiger partial charge in [0.1, 0.15) is 0 Å². The molecule has 60 valence electrons. The highest BCUT2D eigenvalue weighted by atomic mass is 14.3. The Labute approximate surface area is 68.7 Å². The molecule has 0 N–H and O–H groups in total. The molecule has 1 saturated carbocycles. The normalized spacial score (nSPS) is 35.2. The largest absolute Gasteiger partial charge is 0.193 e. The maximum Gasteiger partial charge on any atom is 0.0911 e. The molecule has 0 aromatic rings. The lowest BCUT2D eigenvalue weighted by Gasteiger charge is -2.27. The Bertz CT molecular complexity index is 197. The lowest BCUT2D eigenvalue weighted by Crippen LogP contribution is -2.15. The van der Waals surface area contributed by atoms with E-state index in [1.54, 1.807) is 6.08 Å². The lowest BCUT2D eigenvalue weighted by molar-refractivity contribution is 0.350. The van der Waals surface area contributed by atoms with Crippen LogP contribution in [0.4, 0.5) is 0 Å². The predicted molar refractivity (Wildman–Crippen MR) is 45.9 cm³/mol. The average molecular weight is 149 g/mol. The Balaban J connectivity index is 2.67. The van der Waals surface area contributed by atoms with Crippen LogP contribution in [0.3, 0.4) is 0 Å². The maximum absolute atomic E-state index is 8.50. The van der Waals surface area contributed by atoms with Crippen LogP contribution in [-0.4, -0.2) is 0 Å². The number of hydrogen-bond acceptors (Lipinski definition) is 1. The fourth-order valence-electron chi connectivity index (χ4n) is 1.76. The Morgan fingerprint density at radius 1 is 1.55 bits per heavy atom. The van der Waals surface area contributed by atoms with E-state index in [-0.39, 0.29) is 0 Å². The van der Waals surface area contributed by atoms with Gasteiger partial charge < -0.3 is 0 Å². The van der Waals surface area contributed by atoms with Crippen molar-refractivity contribution in [1.82, 2.24) is 0 Å². The van der Waals surface area contributed by atoms with Gasteiger partial charge in [0.2, 0.25) is 0 Å². The van der Waals surface area contributed by atoms with Crippen LogP contribution in [0.15, 0.2) is 11.6 Å². The molecule has 0 saturated heterocycles. The number of rotatable bonds is 0. The fourth-order valence-corrected chi connectivity index (χ4v) is 1.76. The Morgan fingerprint density at radius 3 is 2.91 bits per heavy atom. The molecule has 1 fully saturated rings. The molecule has 2 unspecified atom stereocenters. The third-order valence-corrected chi connectivity index (χ3v) is 2.81. The second-order valence-corrected chi connectivity index (χ2v) is 3.51. The van der Waals surface area contributed by atoms with Crippen LogP contribution in [-0.2, 0) is 0 Å². The van der Waals surface area contributed by atoms with Gasteiger partial charge in [-0.1, -0.05) is 19.4 Å². The molecule has 0 bridgehead atoms. The van der Waals surface area contributed by atoms with Crippen molar-refractivity contribution in [3.8, 4) is 6.07 Å². The summed E-state index contributed by atoms with van der Waals surface area (Å²) in [4.78, 5) is 0. The second-order valence-electron chi connectivity index (χ2n) is 3.51. The van der Waals surface area contributed by atoms with Crippen molar-refractivity contribution in [2.45, 2.75) is 33.1 Å². The van der Waals surface area contributed by atoms with Gasteiger partial charge in [-0.3, -0.25) is 0 Å². The summed E-state index contributed by atoms with van der Waals surface area (Å²) in [6, 6.07) is 2.13. The van der Waals surface area contributed by atoms with Crippen LogP contribution in [0.1, 0.15) is 33.1 Å². The third kappa shape index (κ3) is 1.83. The van der Waals surface area contributed by atoms with Crippen molar-refractivity contribution in [3.63, 3.8) is 0 Å². The number of nitriles is 1. The second kappa shape index (κ2) is 3.57. The van der Waals surface area contributed by atoms with E-state index in [1.165, 1.54) is 18.4 Å². The molecule has 1 nitrogen and oxygen atoms in total. The number of nitrogens with zero attached hydrogens (tertiary/aromatic N) is 1. The van der Waals surface area contributed by atoms with Crippen LogP contribution < -0.4 is 0 Å². The van der Waals surface area contributed by atoms with Crippen molar-refractivity contribution in [2.24, 2.45) is 11.8 Å². The van der Waals surface area contributed by atoms with Gasteiger partial charge in [0.15, 0.2) is 0 Å². The molecule has 11 heavy (non-hydrogen) atoms. The molecule has 0 aromatic heterocycles. The molecule has 0 radical (unpaired) electrons. The molecule has 1 aliphatic carbocycles. The first-order chi connectivity index (χ1) is 5.25. The summed E-state index contributed by atoms with van der Waals surface area (Å²) in [6.07, 6.45) is 5.46. The highest BCUT2D eigenvalue weighted by Crippen LogP contribution is 2.33. The molecule has 1 aliphatic rings. The van der Waals surface area contributed by atoms with Crippen LogP contribution in [0.5, 0.6) is 0 Å². The zero-order valence-electron chi connectivity index (χ0n) is 7.30. The van der Waals surface area contributed by atoms with E-state index in [4.69, 9.17) is 5.26 Å². The van der Waals surface area contributed by atoms with Gasteiger partial charge in [0.25, 0.3) is 0 Å². The highest BCUT2D eigenvalue weighted by molar-refractivity contribution is 5.17. The van der Waals surface area contributed by atoms with Crippen LogP contribution in [0.25, 0.3) is 0 Å².